The van der Waals surface area contributed by atoms with Crippen LogP contribution in [0.3, 0.4) is 0 Å². The van der Waals surface area contributed by atoms with Crippen LogP contribution in [0.25, 0.3) is 22.1 Å². The molecule has 2 aliphatic carbocycles. The molecule has 0 saturated heterocycles. The minimum absolute atomic E-state index is 0.136. The first-order valence-corrected chi connectivity index (χ1v) is 16.4. The Morgan fingerprint density at radius 3 is 1.74 bits per heavy atom. The maximum atomic E-state index is 11.3. The van der Waals surface area contributed by atoms with Gasteiger partial charge in [0, 0.05) is 65.4 Å². The van der Waals surface area contributed by atoms with E-state index in [1.54, 1.807) is 6.20 Å². The fraction of sp³-hybridized carbons (Fsp3) is 0.581. The molecule has 43 heavy (non-hydrogen) atoms. The molecule has 0 bridgehead atoms. The van der Waals surface area contributed by atoms with Gasteiger partial charge in [0.05, 0.1) is 17.6 Å². The van der Waals surface area contributed by atoms with Gasteiger partial charge in [-0.3, -0.25) is 4.79 Å². The van der Waals surface area contributed by atoms with Gasteiger partial charge in [-0.1, -0.05) is 13.8 Å². The van der Waals surface area contributed by atoms with Crippen molar-refractivity contribution in [3.63, 3.8) is 0 Å². The highest BCUT2D eigenvalue weighted by molar-refractivity contribution is 9.10. The van der Waals surface area contributed by atoms with Gasteiger partial charge in [0.25, 0.3) is 0 Å². The molecule has 0 aromatic carbocycles. The lowest BCUT2D eigenvalue weighted by atomic mass is 9.93. The van der Waals surface area contributed by atoms with Crippen LogP contribution in [0.2, 0.25) is 0 Å². The summed E-state index contributed by atoms with van der Waals surface area (Å²) in [4.78, 5) is 29.2. The van der Waals surface area contributed by atoms with Crippen molar-refractivity contribution in [3.8, 4) is 0 Å². The Balaban J connectivity index is 0.000000171. The number of nitrogens with one attached hydrogen (secondary N) is 2. The molecule has 6 rings (SSSR count). The monoisotopic (exact) mass is 654 g/mol. The van der Waals surface area contributed by atoms with Gasteiger partial charge in [-0.15, -0.1) is 0 Å². The molecule has 12 heteroatoms. The second-order valence-electron chi connectivity index (χ2n) is 11.6. The van der Waals surface area contributed by atoms with Gasteiger partial charge in [0.15, 0.2) is 6.29 Å². The van der Waals surface area contributed by atoms with Gasteiger partial charge >= 0.3 is 0 Å². The van der Waals surface area contributed by atoms with Crippen LogP contribution in [0.5, 0.6) is 0 Å². The first-order chi connectivity index (χ1) is 20.9. The van der Waals surface area contributed by atoms with Crippen molar-refractivity contribution in [2.45, 2.75) is 102 Å². The molecule has 4 aromatic rings. The van der Waals surface area contributed by atoms with Crippen LogP contribution in [-0.2, 0) is 0 Å². The summed E-state index contributed by atoms with van der Waals surface area (Å²) >= 11 is 3.60. The van der Waals surface area contributed by atoms with E-state index in [1.165, 1.54) is 0 Å². The van der Waals surface area contributed by atoms with E-state index in [0.29, 0.717) is 23.5 Å². The number of halogens is 1. The number of carbonyl (C=O) groups is 1. The van der Waals surface area contributed by atoms with E-state index in [9.17, 15) is 15.0 Å². The molecule has 2 saturated carbocycles. The molecule has 4 heterocycles. The smallest absolute Gasteiger partial charge is 0.224 e. The standard InChI is InChI=1S/C16H22N4O2.C15H21BrN4O/c1-2-7-17-16-18-8-14-11(10-21)9-20(15(14)19-16)12-3-5-13(22)6-4-12;1-2-7-17-15-18-8-12-13(16)9-20(14(12)19-15)10-3-5-11(21)6-4-10/h8-10,12-13,22H,2-7H2,1H3,(H,17,18,19);8-11,21H,2-7H2,1H3,(H,17,18,19). The fourth-order valence-corrected chi connectivity index (χ4v) is 6.51. The number of hydrogen-bond donors (Lipinski definition) is 4. The highest BCUT2D eigenvalue weighted by Crippen LogP contribution is 2.35. The van der Waals surface area contributed by atoms with Crippen molar-refractivity contribution >= 4 is 56.2 Å². The van der Waals surface area contributed by atoms with Gasteiger partial charge in [-0.05, 0) is 80.1 Å². The fourth-order valence-electron chi connectivity index (χ4n) is 6.01. The van der Waals surface area contributed by atoms with Gasteiger partial charge in [-0.2, -0.15) is 9.97 Å². The second kappa shape index (κ2) is 14.6. The third kappa shape index (κ3) is 7.35. The average Bonchev–Trinajstić information content (AvgIpc) is 3.57. The van der Waals surface area contributed by atoms with E-state index in [4.69, 9.17) is 0 Å². The molecule has 2 fully saturated rings. The highest BCUT2D eigenvalue weighted by Gasteiger charge is 2.25. The third-order valence-electron chi connectivity index (χ3n) is 8.44. The predicted molar refractivity (Wildman–Crippen MR) is 173 cm³/mol. The molecule has 11 nitrogen and oxygen atoms in total. The molecule has 232 valence electrons. The molecule has 0 atom stereocenters. The van der Waals surface area contributed by atoms with Gasteiger partial charge in [-0.25, -0.2) is 9.97 Å². The molecule has 2 aliphatic rings. The SMILES string of the molecule is CCCNc1ncc2c(Br)cn(C3CCC(O)CC3)c2n1.CCCNc1ncc2c(C=O)cn(C3CCC(O)CC3)c2n1. The summed E-state index contributed by atoms with van der Waals surface area (Å²) in [5, 5.41) is 27.6. The minimum atomic E-state index is -0.194. The zero-order valence-electron chi connectivity index (χ0n) is 25.0. The number of rotatable bonds is 9. The third-order valence-corrected chi connectivity index (χ3v) is 9.07. The van der Waals surface area contributed by atoms with E-state index in [1.807, 2.05) is 12.4 Å². The molecule has 0 radical (unpaired) electrons. The lowest BCUT2D eigenvalue weighted by Gasteiger charge is -2.27. The molecule has 4 N–H and O–H groups in total. The predicted octanol–water partition coefficient (Wildman–Crippen LogP) is 6.03. The largest absolute Gasteiger partial charge is 0.393 e. The van der Waals surface area contributed by atoms with E-state index >= 15 is 0 Å². The number of aromatic nitrogens is 6. The van der Waals surface area contributed by atoms with Gasteiger partial charge in [0.2, 0.25) is 11.9 Å². The van der Waals surface area contributed by atoms with Gasteiger partial charge < -0.3 is 30.0 Å². The highest BCUT2D eigenvalue weighted by atomic mass is 79.9. The van der Waals surface area contributed by atoms with Crippen LogP contribution in [0, 0.1) is 0 Å². The summed E-state index contributed by atoms with van der Waals surface area (Å²) in [5.41, 5.74) is 2.40. The molecule has 0 spiro atoms. The molecule has 0 unspecified atom stereocenters. The van der Waals surface area contributed by atoms with Crippen molar-refractivity contribution in [2.24, 2.45) is 0 Å². The van der Waals surface area contributed by atoms with E-state index in [0.717, 1.165) is 110 Å². The van der Waals surface area contributed by atoms with E-state index in [-0.39, 0.29) is 18.2 Å². The Hall–Kier alpha value is -3.09. The number of aldehydes is 1. The Bertz CT molecular complexity index is 1510. The van der Waals surface area contributed by atoms with Gasteiger partial charge in [0.1, 0.15) is 11.3 Å². The Morgan fingerprint density at radius 2 is 1.26 bits per heavy atom. The quantitative estimate of drug-likeness (QED) is 0.159. The van der Waals surface area contributed by atoms with Crippen LogP contribution in [0.15, 0.2) is 29.3 Å². The zero-order chi connectivity index (χ0) is 30.3. The number of hydrogen-bond acceptors (Lipinski definition) is 9. The summed E-state index contributed by atoms with van der Waals surface area (Å²) in [6.45, 7) is 5.91. The van der Waals surface area contributed by atoms with Crippen molar-refractivity contribution in [1.29, 1.82) is 0 Å². The summed E-state index contributed by atoms with van der Waals surface area (Å²) in [6, 6.07) is 0.699. The summed E-state index contributed by atoms with van der Waals surface area (Å²) < 4.78 is 5.36. The van der Waals surface area contributed by atoms with Crippen molar-refractivity contribution < 1.29 is 15.0 Å². The van der Waals surface area contributed by atoms with Crippen molar-refractivity contribution in [1.82, 2.24) is 29.1 Å². The molecule has 0 aliphatic heterocycles. The number of aliphatic hydroxyl groups is 2. The number of fused-ring (bicyclic) bond motifs is 2. The summed E-state index contributed by atoms with van der Waals surface area (Å²) in [5.74, 6) is 1.29. The van der Waals surface area contributed by atoms with Crippen LogP contribution < -0.4 is 10.6 Å². The van der Waals surface area contributed by atoms with Crippen molar-refractivity contribution in [3.05, 3.63) is 34.8 Å². The van der Waals surface area contributed by atoms with E-state index < -0.39 is 0 Å². The lowest BCUT2D eigenvalue weighted by molar-refractivity contribution is 0.110. The Morgan fingerprint density at radius 1 is 0.791 bits per heavy atom. The minimum Gasteiger partial charge on any atom is -0.393 e. The summed E-state index contributed by atoms with van der Waals surface area (Å²) in [7, 11) is 0. The Labute approximate surface area is 260 Å². The van der Waals surface area contributed by atoms with Crippen LogP contribution >= 0.6 is 15.9 Å². The van der Waals surface area contributed by atoms with Crippen LogP contribution in [0.1, 0.15) is 100 Å². The number of nitrogens with zero attached hydrogens (tertiary/aromatic N) is 6. The number of anilines is 2. The second-order valence-corrected chi connectivity index (χ2v) is 12.5. The molecular formula is C31H43BrN8O3. The maximum absolute atomic E-state index is 11.3. The number of carbonyl (C=O) groups excluding carboxylic acids is 1. The molecule has 4 aromatic heterocycles. The summed E-state index contributed by atoms with van der Waals surface area (Å²) in [6.07, 6.45) is 17.3. The molecular weight excluding hydrogens is 612 g/mol. The topological polar surface area (TPSA) is 143 Å². The van der Waals surface area contributed by atoms with Crippen LogP contribution in [-0.4, -0.2) is 70.9 Å². The average molecular weight is 656 g/mol. The van der Waals surface area contributed by atoms with Crippen molar-refractivity contribution in [2.75, 3.05) is 23.7 Å². The Kier molecular flexibility index (Phi) is 10.6. The first-order valence-electron chi connectivity index (χ1n) is 15.6. The molecule has 0 amide bonds. The normalized spacial score (nSPS) is 22.3. The maximum Gasteiger partial charge on any atom is 0.224 e. The zero-order valence-corrected chi connectivity index (χ0v) is 26.6. The number of aliphatic hydroxyl groups excluding tert-OH is 2. The van der Waals surface area contributed by atoms with E-state index in [2.05, 4.69) is 75.7 Å². The first kappa shape index (κ1) is 31.3. The lowest BCUT2D eigenvalue weighted by Crippen LogP contribution is -2.21. The van der Waals surface area contributed by atoms with Crippen LogP contribution in [0.4, 0.5) is 11.9 Å².